The number of phenols is 1. The quantitative estimate of drug-likeness (QED) is 0.582. The van der Waals surface area contributed by atoms with Crippen molar-refractivity contribution in [3.63, 3.8) is 0 Å². The van der Waals surface area contributed by atoms with Gasteiger partial charge < -0.3 is 10.4 Å². The Labute approximate surface area is 160 Å². The number of fused-ring (bicyclic) bond motifs is 1. The van der Waals surface area contributed by atoms with E-state index in [1.165, 1.54) is 5.56 Å². The normalized spacial score (nSPS) is 18.5. The summed E-state index contributed by atoms with van der Waals surface area (Å²) in [6.45, 7) is 2.19. The Hall–Kier alpha value is -2.84. The lowest BCUT2D eigenvalue weighted by atomic mass is 9.84. The Bertz CT molecular complexity index is 974. The summed E-state index contributed by atoms with van der Waals surface area (Å²) < 4.78 is 0. The van der Waals surface area contributed by atoms with Crippen molar-refractivity contribution in [1.82, 2.24) is 5.32 Å². The van der Waals surface area contributed by atoms with E-state index in [1.807, 2.05) is 30.3 Å². The summed E-state index contributed by atoms with van der Waals surface area (Å²) in [6.07, 6.45) is 9.61. The van der Waals surface area contributed by atoms with Gasteiger partial charge in [0.1, 0.15) is 5.75 Å². The minimum Gasteiger partial charge on any atom is -0.508 e. The number of aromatic hydroxyl groups is 1. The number of hydrogen-bond acceptors (Lipinski definition) is 2. The zero-order chi connectivity index (χ0) is 18.6. The summed E-state index contributed by atoms with van der Waals surface area (Å²) in [6, 6.07) is 22.8. The molecule has 0 amide bonds. The molecule has 2 heteroatoms. The minimum atomic E-state index is 0.0208. The van der Waals surface area contributed by atoms with Crippen LogP contribution in [0.1, 0.15) is 36.6 Å². The molecule has 3 atom stereocenters. The van der Waals surface area contributed by atoms with Crippen molar-refractivity contribution in [2.75, 3.05) is 0 Å². The van der Waals surface area contributed by atoms with E-state index in [4.69, 9.17) is 0 Å². The first-order valence-electron chi connectivity index (χ1n) is 9.59. The molecule has 0 saturated carbocycles. The Morgan fingerprint density at radius 2 is 1.70 bits per heavy atom. The highest BCUT2D eigenvalue weighted by molar-refractivity contribution is 5.88. The van der Waals surface area contributed by atoms with Gasteiger partial charge in [0.2, 0.25) is 0 Å². The fourth-order valence-electron chi connectivity index (χ4n) is 3.99. The predicted molar refractivity (Wildman–Crippen MR) is 113 cm³/mol. The van der Waals surface area contributed by atoms with Gasteiger partial charge in [0.25, 0.3) is 0 Å². The van der Waals surface area contributed by atoms with Crippen LogP contribution in [0.15, 0.2) is 91.0 Å². The third-order valence-electron chi connectivity index (χ3n) is 5.43. The highest BCUT2D eigenvalue weighted by atomic mass is 16.3. The lowest BCUT2D eigenvalue weighted by Crippen LogP contribution is -2.30. The van der Waals surface area contributed by atoms with E-state index in [0.717, 1.165) is 22.8 Å². The van der Waals surface area contributed by atoms with E-state index in [1.54, 1.807) is 0 Å². The average molecular weight is 355 g/mol. The molecule has 0 aromatic heterocycles. The number of hydrogen-bond donors (Lipinski definition) is 2. The van der Waals surface area contributed by atoms with Gasteiger partial charge in [0.15, 0.2) is 0 Å². The molecule has 1 aliphatic rings. The van der Waals surface area contributed by atoms with E-state index < -0.39 is 0 Å². The fourth-order valence-corrected chi connectivity index (χ4v) is 3.99. The van der Waals surface area contributed by atoms with Crippen LogP contribution in [0.5, 0.6) is 5.75 Å². The molecule has 2 N–H and O–H groups in total. The highest BCUT2D eigenvalue weighted by Crippen LogP contribution is 2.39. The average Bonchev–Trinajstić information content (AvgIpc) is 2.73. The van der Waals surface area contributed by atoms with Crippen molar-refractivity contribution in [2.45, 2.75) is 25.4 Å². The minimum absolute atomic E-state index is 0.0208. The van der Waals surface area contributed by atoms with Gasteiger partial charge in [-0.15, -0.1) is 0 Å². The third kappa shape index (κ3) is 3.67. The van der Waals surface area contributed by atoms with Crippen LogP contribution in [0.25, 0.3) is 10.8 Å². The lowest BCUT2D eigenvalue weighted by molar-refractivity contribution is 0.367. The van der Waals surface area contributed by atoms with Crippen LogP contribution >= 0.6 is 0 Å². The molecule has 0 spiro atoms. The molecule has 3 aromatic carbocycles. The lowest BCUT2D eigenvalue weighted by Gasteiger charge is -2.31. The molecule has 0 aliphatic heterocycles. The molecular formula is C25H25NO. The van der Waals surface area contributed by atoms with Gasteiger partial charge in [0.05, 0.1) is 0 Å². The van der Waals surface area contributed by atoms with E-state index in [-0.39, 0.29) is 18.0 Å². The number of phenolic OH excluding ortho intramolecular Hbond substituents is 1. The highest BCUT2D eigenvalue weighted by Gasteiger charge is 2.27. The smallest absolute Gasteiger partial charge is 0.121 e. The van der Waals surface area contributed by atoms with Crippen molar-refractivity contribution < 1.29 is 5.11 Å². The molecule has 0 radical (unpaired) electrons. The number of rotatable bonds is 5. The summed E-state index contributed by atoms with van der Waals surface area (Å²) >= 11 is 0. The molecule has 1 aliphatic carbocycles. The first kappa shape index (κ1) is 17.6. The Morgan fingerprint density at radius 1 is 0.926 bits per heavy atom. The van der Waals surface area contributed by atoms with Crippen LogP contribution in [-0.4, -0.2) is 5.11 Å². The molecule has 1 unspecified atom stereocenters. The molecule has 2 nitrogen and oxygen atoms in total. The van der Waals surface area contributed by atoms with Crippen LogP contribution in [0.4, 0.5) is 0 Å². The van der Waals surface area contributed by atoms with Crippen molar-refractivity contribution in [3.05, 3.63) is 102 Å². The number of allylic oxidation sites excluding steroid dienone is 3. The van der Waals surface area contributed by atoms with E-state index in [9.17, 15) is 5.11 Å². The summed E-state index contributed by atoms with van der Waals surface area (Å²) in [5, 5.41) is 16.9. The summed E-state index contributed by atoms with van der Waals surface area (Å²) in [7, 11) is 0. The van der Waals surface area contributed by atoms with Crippen LogP contribution in [0.3, 0.4) is 0 Å². The van der Waals surface area contributed by atoms with Gasteiger partial charge in [-0.3, -0.25) is 0 Å². The van der Waals surface area contributed by atoms with Gasteiger partial charge >= 0.3 is 0 Å². The van der Waals surface area contributed by atoms with Crippen molar-refractivity contribution in [2.24, 2.45) is 5.92 Å². The monoisotopic (exact) mass is 355 g/mol. The van der Waals surface area contributed by atoms with Crippen LogP contribution in [0.2, 0.25) is 0 Å². The van der Waals surface area contributed by atoms with Crippen molar-refractivity contribution in [3.8, 4) is 5.75 Å². The standard InChI is InChI=1S/C25H25NO/c1-18(19-10-4-2-5-11-19)26-25(21-13-6-3-7-14-21)24-22-15-9-8-12-20(22)16-17-23(24)27/h2-13,15-18,21,25-27H,14H2,1H3/t18-,21+,25?/m0/s1. The summed E-state index contributed by atoms with van der Waals surface area (Å²) in [4.78, 5) is 0. The first-order chi connectivity index (χ1) is 13.2. The SMILES string of the molecule is C[C@H](NC(c1c(O)ccc2ccccc12)[C@@H]1C=CC=CC1)c1ccccc1. The van der Waals surface area contributed by atoms with Gasteiger partial charge in [-0.25, -0.2) is 0 Å². The maximum Gasteiger partial charge on any atom is 0.121 e. The molecule has 3 aromatic rings. The second-order valence-electron chi connectivity index (χ2n) is 7.21. The topological polar surface area (TPSA) is 32.3 Å². The second-order valence-corrected chi connectivity index (χ2v) is 7.21. The van der Waals surface area contributed by atoms with Crippen LogP contribution in [0, 0.1) is 5.92 Å². The molecule has 0 saturated heterocycles. The Balaban J connectivity index is 1.78. The molecule has 0 heterocycles. The molecular weight excluding hydrogens is 330 g/mol. The molecule has 4 rings (SSSR count). The van der Waals surface area contributed by atoms with Gasteiger partial charge in [0, 0.05) is 23.6 Å². The van der Waals surface area contributed by atoms with Crippen LogP contribution < -0.4 is 5.32 Å². The van der Waals surface area contributed by atoms with Gasteiger partial charge in [-0.2, -0.15) is 0 Å². The molecule has 136 valence electrons. The van der Waals surface area contributed by atoms with Crippen molar-refractivity contribution >= 4 is 10.8 Å². The maximum absolute atomic E-state index is 10.8. The second kappa shape index (κ2) is 7.81. The fraction of sp³-hybridized carbons (Fsp3) is 0.200. The van der Waals surface area contributed by atoms with Gasteiger partial charge in [-0.1, -0.05) is 85.0 Å². The number of nitrogens with one attached hydrogen (secondary N) is 1. The summed E-state index contributed by atoms with van der Waals surface area (Å²) in [5.74, 6) is 0.646. The summed E-state index contributed by atoms with van der Waals surface area (Å²) in [5.41, 5.74) is 2.23. The largest absolute Gasteiger partial charge is 0.508 e. The van der Waals surface area contributed by atoms with Crippen LogP contribution in [-0.2, 0) is 0 Å². The predicted octanol–water partition coefficient (Wildman–Crippen LogP) is 6.07. The van der Waals surface area contributed by atoms with E-state index in [0.29, 0.717) is 5.75 Å². The zero-order valence-corrected chi connectivity index (χ0v) is 15.5. The molecule has 0 bridgehead atoms. The number of benzene rings is 3. The Morgan fingerprint density at radius 3 is 2.48 bits per heavy atom. The first-order valence-corrected chi connectivity index (χ1v) is 9.59. The van der Waals surface area contributed by atoms with E-state index >= 15 is 0 Å². The third-order valence-corrected chi connectivity index (χ3v) is 5.43. The maximum atomic E-state index is 10.8. The Kier molecular flexibility index (Phi) is 5.08. The molecule has 27 heavy (non-hydrogen) atoms. The van der Waals surface area contributed by atoms with Crippen molar-refractivity contribution in [1.29, 1.82) is 0 Å². The van der Waals surface area contributed by atoms with E-state index in [2.05, 4.69) is 72.9 Å². The molecule has 0 fully saturated rings. The van der Waals surface area contributed by atoms with Gasteiger partial charge in [-0.05, 0) is 35.7 Å². The zero-order valence-electron chi connectivity index (χ0n) is 15.5.